The summed E-state index contributed by atoms with van der Waals surface area (Å²) >= 11 is 0. The normalized spacial score (nSPS) is 16.0. The van der Waals surface area contributed by atoms with Crippen molar-refractivity contribution in [3.8, 4) is 6.07 Å². The molecule has 2 aromatic rings. The molecule has 0 spiro atoms. The van der Waals surface area contributed by atoms with E-state index in [2.05, 4.69) is 16.3 Å². The minimum absolute atomic E-state index is 0.0852. The summed E-state index contributed by atoms with van der Waals surface area (Å²) in [6.07, 6.45) is 0. The third kappa shape index (κ3) is 4.01. The van der Waals surface area contributed by atoms with E-state index in [1.165, 1.54) is 17.0 Å². The number of nitrogens with zero attached hydrogens (tertiary/aromatic N) is 2. The SMILES string of the molecule is C[C@@H](C(=O)Nc1ccccc1C#N)[NH+]1CCN(c2ccc(F)cc2)CC1. The number of carbonyl (C=O) groups is 1. The number of quaternary nitrogens is 1. The van der Waals surface area contributed by atoms with Crippen molar-refractivity contribution in [3.05, 3.63) is 59.9 Å². The summed E-state index contributed by atoms with van der Waals surface area (Å²) in [6.45, 7) is 5.19. The second kappa shape index (κ2) is 7.98. The number of hydrogen-bond acceptors (Lipinski definition) is 3. The maximum absolute atomic E-state index is 13.1. The van der Waals surface area contributed by atoms with Crippen LogP contribution in [0, 0.1) is 17.1 Å². The van der Waals surface area contributed by atoms with E-state index in [4.69, 9.17) is 5.26 Å². The Kier molecular flexibility index (Phi) is 5.49. The van der Waals surface area contributed by atoms with E-state index in [1.807, 2.05) is 6.92 Å². The molecule has 1 fully saturated rings. The van der Waals surface area contributed by atoms with Crippen LogP contribution in [-0.4, -0.2) is 38.1 Å². The molecule has 26 heavy (non-hydrogen) atoms. The minimum Gasteiger partial charge on any atom is -0.360 e. The Morgan fingerprint density at radius 1 is 1.19 bits per heavy atom. The first-order valence-corrected chi connectivity index (χ1v) is 8.73. The zero-order valence-electron chi connectivity index (χ0n) is 14.7. The van der Waals surface area contributed by atoms with Crippen molar-refractivity contribution in [2.75, 3.05) is 36.4 Å². The number of carbonyl (C=O) groups excluding carboxylic acids is 1. The van der Waals surface area contributed by atoms with Crippen LogP contribution >= 0.6 is 0 Å². The van der Waals surface area contributed by atoms with E-state index >= 15 is 0 Å². The predicted octanol–water partition coefficient (Wildman–Crippen LogP) is 1.43. The van der Waals surface area contributed by atoms with Crippen LogP contribution in [0.3, 0.4) is 0 Å². The fourth-order valence-electron chi connectivity index (χ4n) is 3.25. The number of halogens is 1. The van der Waals surface area contributed by atoms with Gasteiger partial charge in [-0.1, -0.05) is 12.1 Å². The van der Waals surface area contributed by atoms with Gasteiger partial charge in [0.2, 0.25) is 0 Å². The van der Waals surface area contributed by atoms with Crippen LogP contribution < -0.4 is 15.1 Å². The average Bonchev–Trinajstić information content (AvgIpc) is 2.68. The number of piperazine rings is 1. The van der Waals surface area contributed by atoms with Gasteiger partial charge in [-0.15, -0.1) is 0 Å². The van der Waals surface area contributed by atoms with Gasteiger partial charge in [0.1, 0.15) is 11.9 Å². The van der Waals surface area contributed by atoms with E-state index in [9.17, 15) is 9.18 Å². The molecular weight excluding hydrogens is 331 g/mol. The van der Waals surface area contributed by atoms with Crippen LogP contribution in [0.15, 0.2) is 48.5 Å². The molecule has 0 aliphatic carbocycles. The maximum Gasteiger partial charge on any atom is 0.282 e. The molecular formula is C20H22FN4O+. The molecule has 2 N–H and O–H groups in total. The van der Waals surface area contributed by atoms with Crippen LogP contribution in [-0.2, 0) is 4.79 Å². The fraction of sp³-hybridized carbons (Fsp3) is 0.300. The largest absolute Gasteiger partial charge is 0.360 e. The van der Waals surface area contributed by atoms with Gasteiger partial charge in [-0.3, -0.25) is 4.79 Å². The molecule has 1 aliphatic rings. The molecule has 1 amide bonds. The van der Waals surface area contributed by atoms with Crippen molar-refractivity contribution in [3.63, 3.8) is 0 Å². The van der Waals surface area contributed by atoms with Crippen molar-refractivity contribution in [1.29, 1.82) is 5.26 Å². The van der Waals surface area contributed by atoms with Crippen LogP contribution in [0.25, 0.3) is 0 Å². The van der Waals surface area contributed by atoms with Gasteiger partial charge in [-0.25, -0.2) is 4.39 Å². The summed E-state index contributed by atoms with van der Waals surface area (Å²) in [7, 11) is 0. The molecule has 1 saturated heterocycles. The molecule has 1 aliphatic heterocycles. The maximum atomic E-state index is 13.1. The van der Waals surface area contributed by atoms with Crippen LogP contribution in [0.2, 0.25) is 0 Å². The Morgan fingerprint density at radius 3 is 2.50 bits per heavy atom. The van der Waals surface area contributed by atoms with E-state index < -0.39 is 0 Å². The zero-order chi connectivity index (χ0) is 18.5. The molecule has 3 rings (SSSR count). The number of para-hydroxylation sites is 1. The number of anilines is 2. The quantitative estimate of drug-likeness (QED) is 0.874. The molecule has 0 radical (unpaired) electrons. The molecule has 0 bridgehead atoms. The second-order valence-electron chi connectivity index (χ2n) is 6.49. The van der Waals surface area contributed by atoms with E-state index in [0.29, 0.717) is 11.3 Å². The third-order valence-corrected chi connectivity index (χ3v) is 4.91. The second-order valence-corrected chi connectivity index (χ2v) is 6.49. The molecule has 5 nitrogen and oxygen atoms in total. The number of rotatable bonds is 4. The smallest absolute Gasteiger partial charge is 0.282 e. The Balaban J connectivity index is 1.57. The van der Waals surface area contributed by atoms with Crippen molar-refractivity contribution >= 4 is 17.3 Å². The minimum atomic E-state index is -0.235. The first-order valence-electron chi connectivity index (χ1n) is 8.73. The van der Waals surface area contributed by atoms with E-state index in [0.717, 1.165) is 31.9 Å². The summed E-state index contributed by atoms with van der Waals surface area (Å²) in [5.74, 6) is -0.320. The summed E-state index contributed by atoms with van der Waals surface area (Å²) in [6, 6.07) is 15.4. The summed E-state index contributed by atoms with van der Waals surface area (Å²) < 4.78 is 13.1. The highest BCUT2D eigenvalue weighted by atomic mass is 19.1. The molecule has 0 saturated carbocycles. The van der Waals surface area contributed by atoms with Crippen molar-refractivity contribution in [1.82, 2.24) is 0 Å². The molecule has 0 unspecified atom stereocenters. The monoisotopic (exact) mass is 353 g/mol. The highest BCUT2D eigenvalue weighted by molar-refractivity contribution is 5.94. The van der Waals surface area contributed by atoms with E-state index in [-0.39, 0.29) is 17.8 Å². The number of hydrogen-bond donors (Lipinski definition) is 2. The van der Waals surface area contributed by atoms with Gasteiger partial charge in [-0.2, -0.15) is 5.26 Å². The van der Waals surface area contributed by atoms with Gasteiger partial charge in [-0.05, 0) is 43.3 Å². The highest BCUT2D eigenvalue weighted by Crippen LogP contribution is 2.15. The fourth-order valence-corrected chi connectivity index (χ4v) is 3.25. The Labute approximate surface area is 152 Å². The summed E-state index contributed by atoms with van der Waals surface area (Å²) in [5.41, 5.74) is 2.02. The van der Waals surface area contributed by atoms with Gasteiger partial charge in [0.15, 0.2) is 6.04 Å². The lowest BCUT2D eigenvalue weighted by atomic mass is 10.1. The molecule has 1 atom stereocenters. The first kappa shape index (κ1) is 17.9. The molecule has 6 heteroatoms. The first-order chi connectivity index (χ1) is 12.6. The van der Waals surface area contributed by atoms with Crippen LogP contribution in [0.1, 0.15) is 12.5 Å². The van der Waals surface area contributed by atoms with E-state index in [1.54, 1.807) is 36.4 Å². The highest BCUT2D eigenvalue weighted by Gasteiger charge is 2.29. The molecule has 0 aromatic heterocycles. The lowest BCUT2D eigenvalue weighted by molar-refractivity contribution is -0.914. The summed E-state index contributed by atoms with van der Waals surface area (Å²) in [5, 5.41) is 12.0. The Hall–Kier alpha value is -2.91. The third-order valence-electron chi connectivity index (χ3n) is 4.91. The number of amides is 1. The predicted molar refractivity (Wildman–Crippen MR) is 98.6 cm³/mol. The number of benzene rings is 2. The summed E-state index contributed by atoms with van der Waals surface area (Å²) in [4.78, 5) is 16.0. The van der Waals surface area contributed by atoms with Crippen LogP contribution in [0.4, 0.5) is 15.8 Å². The Morgan fingerprint density at radius 2 is 1.85 bits per heavy atom. The van der Waals surface area contributed by atoms with Crippen molar-refractivity contribution < 1.29 is 14.1 Å². The lowest BCUT2D eigenvalue weighted by Crippen LogP contribution is -3.19. The lowest BCUT2D eigenvalue weighted by Gasteiger charge is -2.36. The standard InChI is InChI=1S/C20H21FN4O/c1-15(20(26)23-19-5-3-2-4-16(19)14-22)24-10-12-25(13-11-24)18-8-6-17(21)7-9-18/h2-9,15H,10-13H2,1H3,(H,23,26)/p+1/t15-/m0/s1. The van der Waals surface area contributed by atoms with Crippen molar-refractivity contribution in [2.24, 2.45) is 0 Å². The van der Waals surface area contributed by atoms with Gasteiger partial charge < -0.3 is 15.1 Å². The van der Waals surface area contributed by atoms with Crippen molar-refractivity contribution in [2.45, 2.75) is 13.0 Å². The molecule has 1 heterocycles. The van der Waals surface area contributed by atoms with Crippen LogP contribution in [0.5, 0.6) is 0 Å². The average molecular weight is 353 g/mol. The van der Waals surface area contributed by atoms with Gasteiger partial charge in [0.25, 0.3) is 5.91 Å². The number of nitriles is 1. The molecule has 2 aromatic carbocycles. The topological polar surface area (TPSA) is 60.6 Å². The van der Waals surface area contributed by atoms with Gasteiger partial charge >= 0.3 is 0 Å². The molecule has 134 valence electrons. The number of nitrogens with one attached hydrogen (secondary N) is 2. The Bertz CT molecular complexity index is 807. The van der Waals surface area contributed by atoms with Gasteiger partial charge in [0.05, 0.1) is 37.4 Å². The van der Waals surface area contributed by atoms with Gasteiger partial charge in [0, 0.05) is 5.69 Å². The zero-order valence-corrected chi connectivity index (χ0v) is 14.7.